The molecule has 0 aliphatic rings. The summed E-state index contributed by atoms with van der Waals surface area (Å²) in [7, 11) is 3.22. The Morgan fingerprint density at radius 2 is 2.29 bits per heavy atom. The molecule has 5 heteroatoms. The Hall–Kier alpha value is -2.04. The molecule has 4 N–H and O–H groups in total. The molecule has 0 radical (unpaired) electrons. The average Bonchev–Trinajstić information content (AvgIpc) is 2.34. The van der Waals surface area contributed by atoms with E-state index in [1.807, 2.05) is 19.1 Å². The quantitative estimate of drug-likeness (QED) is 0.409. The van der Waals surface area contributed by atoms with E-state index < -0.39 is 0 Å². The Balaban J connectivity index is 3.24. The second-order valence-electron chi connectivity index (χ2n) is 3.51. The fourth-order valence-corrected chi connectivity index (χ4v) is 1.54. The first-order chi connectivity index (χ1) is 8.13. The van der Waals surface area contributed by atoms with Gasteiger partial charge in [-0.15, -0.1) is 0 Å². The fraction of sp³-hybridized carbons (Fsp3) is 0.333. The molecule has 0 aromatic heterocycles. The van der Waals surface area contributed by atoms with E-state index in [0.29, 0.717) is 17.0 Å². The van der Waals surface area contributed by atoms with Gasteiger partial charge in [0.2, 0.25) is 0 Å². The number of anilines is 1. The van der Waals surface area contributed by atoms with E-state index in [1.165, 1.54) is 6.21 Å². The molecule has 0 unspecified atom stereocenters. The molecule has 0 aliphatic carbocycles. The van der Waals surface area contributed by atoms with Crippen molar-refractivity contribution >= 4 is 17.6 Å². The molecule has 1 aromatic carbocycles. The van der Waals surface area contributed by atoms with E-state index in [0.717, 1.165) is 12.0 Å². The SMILES string of the molecule is CCc1cc(N)c(OC)c(C(=N)/C=N\NC)c1. The van der Waals surface area contributed by atoms with Gasteiger partial charge in [0.05, 0.1) is 24.7 Å². The predicted molar refractivity (Wildman–Crippen MR) is 71.2 cm³/mol. The van der Waals surface area contributed by atoms with Crippen molar-refractivity contribution in [1.29, 1.82) is 5.41 Å². The van der Waals surface area contributed by atoms with Crippen LogP contribution in [0.1, 0.15) is 18.1 Å². The molecule has 0 saturated carbocycles. The van der Waals surface area contributed by atoms with Crippen LogP contribution in [0.4, 0.5) is 5.69 Å². The summed E-state index contributed by atoms with van der Waals surface area (Å²) in [6.07, 6.45) is 2.29. The summed E-state index contributed by atoms with van der Waals surface area (Å²) in [5.41, 5.74) is 11.0. The van der Waals surface area contributed by atoms with Gasteiger partial charge in [-0.2, -0.15) is 5.10 Å². The van der Waals surface area contributed by atoms with Gasteiger partial charge in [0, 0.05) is 12.6 Å². The third kappa shape index (κ3) is 2.96. The summed E-state index contributed by atoms with van der Waals surface area (Å²) in [6, 6.07) is 3.77. The monoisotopic (exact) mass is 234 g/mol. The maximum absolute atomic E-state index is 7.92. The second kappa shape index (κ2) is 5.89. The number of benzene rings is 1. The van der Waals surface area contributed by atoms with Crippen molar-refractivity contribution < 1.29 is 4.74 Å². The topological polar surface area (TPSA) is 83.5 Å². The standard InChI is InChI=1S/C12H18N4O/c1-4-8-5-9(11(14)7-16-15-2)12(17-3)10(13)6-8/h5-7,14-15H,4,13H2,1-3H3/b14-11?,16-7-. The number of hydrazone groups is 1. The molecule has 0 saturated heterocycles. The maximum Gasteiger partial charge on any atom is 0.151 e. The van der Waals surface area contributed by atoms with Gasteiger partial charge in [-0.25, -0.2) is 0 Å². The van der Waals surface area contributed by atoms with Crippen LogP contribution < -0.4 is 15.9 Å². The molecule has 0 atom stereocenters. The Bertz CT molecular complexity index is 440. The van der Waals surface area contributed by atoms with E-state index >= 15 is 0 Å². The second-order valence-corrected chi connectivity index (χ2v) is 3.51. The zero-order chi connectivity index (χ0) is 12.8. The Kier molecular flexibility index (Phi) is 4.51. The van der Waals surface area contributed by atoms with Crippen LogP contribution in [0.5, 0.6) is 5.75 Å². The maximum atomic E-state index is 7.92. The molecule has 0 heterocycles. The summed E-state index contributed by atoms with van der Waals surface area (Å²) in [5.74, 6) is 0.523. The van der Waals surface area contributed by atoms with Crippen LogP contribution in [-0.4, -0.2) is 26.1 Å². The molecule has 0 amide bonds. The van der Waals surface area contributed by atoms with E-state index in [-0.39, 0.29) is 5.71 Å². The van der Waals surface area contributed by atoms with Crippen LogP contribution in [0.3, 0.4) is 0 Å². The highest BCUT2D eigenvalue weighted by Crippen LogP contribution is 2.28. The van der Waals surface area contributed by atoms with Crippen molar-refractivity contribution in [3.63, 3.8) is 0 Å². The minimum absolute atomic E-state index is 0.262. The lowest BCUT2D eigenvalue weighted by molar-refractivity contribution is 0.416. The number of nitrogen functional groups attached to an aromatic ring is 1. The summed E-state index contributed by atoms with van der Waals surface area (Å²) in [4.78, 5) is 0. The highest BCUT2D eigenvalue weighted by molar-refractivity contribution is 6.37. The zero-order valence-corrected chi connectivity index (χ0v) is 10.4. The number of hydrogen-bond donors (Lipinski definition) is 3. The van der Waals surface area contributed by atoms with Gasteiger partial charge in [-0.1, -0.05) is 6.92 Å². The van der Waals surface area contributed by atoms with Crippen molar-refractivity contribution in [3.05, 3.63) is 23.3 Å². The average molecular weight is 234 g/mol. The lowest BCUT2D eigenvalue weighted by Crippen LogP contribution is -2.09. The van der Waals surface area contributed by atoms with Gasteiger partial charge in [0.15, 0.2) is 5.75 Å². The van der Waals surface area contributed by atoms with E-state index in [4.69, 9.17) is 15.9 Å². The lowest BCUT2D eigenvalue weighted by atomic mass is 10.0. The minimum atomic E-state index is 0.262. The van der Waals surface area contributed by atoms with Crippen LogP contribution in [-0.2, 0) is 6.42 Å². The van der Waals surface area contributed by atoms with Crippen LogP contribution >= 0.6 is 0 Å². The van der Waals surface area contributed by atoms with Crippen molar-refractivity contribution in [2.24, 2.45) is 5.10 Å². The molecule has 1 rings (SSSR count). The van der Waals surface area contributed by atoms with Gasteiger partial charge in [-0.05, 0) is 24.1 Å². The van der Waals surface area contributed by atoms with E-state index in [9.17, 15) is 0 Å². The molecule has 0 fully saturated rings. The molecule has 5 nitrogen and oxygen atoms in total. The molecule has 0 bridgehead atoms. The molecule has 0 spiro atoms. The van der Waals surface area contributed by atoms with Gasteiger partial charge in [0.1, 0.15) is 0 Å². The molecule has 1 aromatic rings. The van der Waals surface area contributed by atoms with Crippen molar-refractivity contribution in [2.45, 2.75) is 13.3 Å². The van der Waals surface area contributed by atoms with Gasteiger partial charge in [0.25, 0.3) is 0 Å². The molecule has 17 heavy (non-hydrogen) atoms. The highest BCUT2D eigenvalue weighted by Gasteiger charge is 2.12. The Morgan fingerprint density at radius 3 is 2.82 bits per heavy atom. The number of nitrogens with two attached hydrogens (primary N) is 1. The number of methoxy groups -OCH3 is 1. The van der Waals surface area contributed by atoms with Crippen LogP contribution in [0.25, 0.3) is 0 Å². The number of rotatable bonds is 5. The number of aryl methyl sites for hydroxylation is 1. The summed E-state index contributed by atoms with van der Waals surface area (Å²) in [6.45, 7) is 2.04. The molecular weight excluding hydrogens is 216 g/mol. The number of nitrogens with zero attached hydrogens (tertiary/aromatic N) is 1. The molecule has 0 aliphatic heterocycles. The summed E-state index contributed by atoms with van der Waals surface area (Å²) in [5, 5.41) is 11.7. The molecule has 92 valence electrons. The minimum Gasteiger partial charge on any atom is -0.494 e. The van der Waals surface area contributed by atoms with Gasteiger partial charge < -0.3 is 15.9 Å². The lowest BCUT2D eigenvalue weighted by Gasteiger charge is -2.12. The third-order valence-electron chi connectivity index (χ3n) is 2.40. The van der Waals surface area contributed by atoms with Crippen LogP contribution in [0, 0.1) is 5.41 Å². The number of nitrogens with one attached hydrogen (secondary N) is 2. The van der Waals surface area contributed by atoms with Crippen LogP contribution in [0.15, 0.2) is 17.2 Å². The first-order valence-corrected chi connectivity index (χ1v) is 5.39. The summed E-state index contributed by atoms with van der Waals surface area (Å²) >= 11 is 0. The Morgan fingerprint density at radius 1 is 1.59 bits per heavy atom. The van der Waals surface area contributed by atoms with Gasteiger partial charge in [-0.3, -0.25) is 5.41 Å². The predicted octanol–water partition coefficient (Wildman–Crippen LogP) is 1.41. The van der Waals surface area contributed by atoms with Gasteiger partial charge >= 0.3 is 0 Å². The normalized spacial score (nSPS) is 10.5. The van der Waals surface area contributed by atoms with Crippen LogP contribution in [0.2, 0.25) is 0 Å². The van der Waals surface area contributed by atoms with Crippen molar-refractivity contribution in [1.82, 2.24) is 5.43 Å². The van der Waals surface area contributed by atoms with Crippen molar-refractivity contribution in [2.75, 3.05) is 19.9 Å². The highest BCUT2D eigenvalue weighted by atomic mass is 16.5. The van der Waals surface area contributed by atoms with Crippen molar-refractivity contribution in [3.8, 4) is 5.75 Å². The first kappa shape index (κ1) is 13.0. The number of ether oxygens (including phenoxy) is 1. The van der Waals surface area contributed by atoms with E-state index in [1.54, 1.807) is 14.2 Å². The smallest absolute Gasteiger partial charge is 0.151 e. The third-order valence-corrected chi connectivity index (χ3v) is 2.40. The molecular formula is C12H18N4O. The summed E-state index contributed by atoms with van der Waals surface area (Å²) < 4.78 is 5.23. The largest absolute Gasteiger partial charge is 0.494 e. The first-order valence-electron chi connectivity index (χ1n) is 5.39. The van der Waals surface area contributed by atoms with E-state index in [2.05, 4.69) is 10.5 Å². The zero-order valence-electron chi connectivity index (χ0n) is 10.4. The fourth-order valence-electron chi connectivity index (χ4n) is 1.54. The number of hydrogen-bond acceptors (Lipinski definition) is 5. The Labute approximate surface area is 101 Å².